The summed E-state index contributed by atoms with van der Waals surface area (Å²) in [7, 11) is 0. The van der Waals surface area contributed by atoms with Gasteiger partial charge in [-0.15, -0.1) is 0 Å². The van der Waals surface area contributed by atoms with Gasteiger partial charge in [0.05, 0.1) is 12.6 Å². The molecule has 1 aliphatic heterocycles. The molecule has 0 spiro atoms. The first kappa shape index (κ1) is 14.0. The van der Waals surface area contributed by atoms with Gasteiger partial charge in [0.1, 0.15) is 12.2 Å². The fraction of sp³-hybridized carbons (Fsp3) is 0.857. The molecule has 0 aromatic carbocycles. The zero-order valence-corrected chi connectivity index (χ0v) is 11.1. The molecule has 2 atom stereocenters. The maximum absolute atomic E-state index is 10.2. The molecule has 70 valence electrons. The quantitative estimate of drug-likeness (QED) is 0.467. The zero-order valence-electron chi connectivity index (χ0n) is 7.94. The number of aliphatic hydroxyl groups excluding tert-OH is 1. The van der Waals surface area contributed by atoms with E-state index in [1.807, 2.05) is 0 Å². The van der Waals surface area contributed by atoms with Crippen LogP contribution in [0.25, 0.3) is 0 Å². The Hall–Kier alpha value is 0.986. The molecule has 1 aliphatic rings. The number of rotatable bonds is 2. The fourth-order valence-electron chi connectivity index (χ4n) is 1.02. The van der Waals surface area contributed by atoms with Crippen molar-refractivity contribution in [1.29, 1.82) is 0 Å². The number of carboxylic acids is 1. The fourth-order valence-corrected chi connectivity index (χ4v) is 1.02. The average molecular weight is 214 g/mol. The van der Waals surface area contributed by atoms with Crippen molar-refractivity contribution in [3.8, 4) is 0 Å². The van der Waals surface area contributed by atoms with Crippen LogP contribution in [0.3, 0.4) is 0 Å². The number of aliphatic hydroxyl groups is 1. The molecule has 0 aromatic rings. The molecule has 1 unspecified atom stereocenters. The van der Waals surface area contributed by atoms with E-state index >= 15 is 0 Å². The van der Waals surface area contributed by atoms with Gasteiger partial charge in [0.2, 0.25) is 0 Å². The van der Waals surface area contributed by atoms with Crippen LogP contribution in [0.5, 0.6) is 0 Å². The van der Waals surface area contributed by atoms with Crippen LogP contribution in [-0.2, 0) is 14.3 Å². The number of aliphatic carboxylic acids is 1. The second-order valence-electron chi connectivity index (χ2n) is 3.13. The van der Waals surface area contributed by atoms with E-state index in [-0.39, 0.29) is 58.0 Å². The molecule has 1 fully saturated rings. The van der Waals surface area contributed by atoms with Crippen LogP contribution in [-0.4, -0.2) is 35.7 Å². The van der Waals surface area contributed by atoms with Gasteiger partial charge in [0.15, 0.2) is 5.79 Å². The largest absolute Gasteiger partial charge is 1.00 e. The standard InChI is InChI=1S/C7H12O5.K/c1-7(2)11-3-4(12-7)5(8)6(9)10;/h4-5,8H,3H2,1-2H3,(H,9,10);/q;+1/p-1/t4-,5?;/m0./s1. The van der Waals surface area contributed by atoms with Gasteiger partial charge in [-0.3, -0.25) is 0 Å². The summed E-state index contributed by atoms with van der Waals surface area (Å²) in [5.74, 6) is -2.36. The van der Waals surface area contributed by atoms with Crippen molar-refractivity contribution in [2.45, 2.75) is 31.8 Å². The zero-order chi connectivity index (χ0) is 9.35. The monoisotopic (exact) mass is 214 g/mol. The van der Waals surface area contributed by atoms with Crippen molar-refractivity contribution < 1.29 is 75.9 Å². The van der Waals surface area contributed by atoms with E-state index in [0.717, 1.165) is 0 Å². The normalized spacial score (nSPS) is 27.8. The van der Waals surface area contributed by atoms with Gasteiger partial charge in [-0.25, -0.2) is 0 Å². The minimum Gasteiger partial charge on any atom is -0.547 e. The molecule has 1 heterocycles. The summed E-state index contributed by atoms with van der Waals surface area (Å²) in [4.78, 5) is 10.2. The summed E-state index contributed by atoms with van der Waals surface area (Å²) in [5.41, 5.74) is 0. The van der Waals surface area contributed by atoms with Crippen LogP contribution in [0.1, 0.15) is 13.8 Å². The van der Waals surface area contributed by atoms with E-state index in [1.54, 1.807) is 13.8 Å². The molecule has 1 rings (SSSR count). The number of hydrogen-bond acceptors (Lipinski definition) is 5. The Kier molecular flexibility index (Phi) is 5.57. The van der Waals surface area contributed by atoms with Gasteiger partial charge < -0.3 is 24.5 Å². The van der Waals surface area contributed by atoms with Crippen molar-refractivity contribution in [2.75, 3.05) is 6.61 Å². The Labute approximate surface area is 119 Å². The van der Waals surface area contributed by atoms with Crippen molar-refractivity contribution in [3.63, 3.8) is 0 Å². The van der Waals surface area contributed by atoms with Gasteiger partial charge in [0, 0.05) is 0 Å². The predicted molar refractivity (Wildman–Crippen MR) is 35.9 cm³/mol. The number of carboxylic acid groups (broad SMARTS) is 1. The van der Waals surface area contributed by atoms with E-state index in [9.17, 15) is 9.90 Å². The van der Waals surface area contributed by atoms with E-state index in [0.29, 0.717) is 0 Å². The summed E-state index contributed by atoms with van der Waals surface area (Å²) in [6, 6.07) is 0. The molecule has 0 saturated carbocycles. The van der Waals surface area contributed by atoms with Gasteiger partial charge in [0.25, 0.3) is 0 Å². The summed E-state index contributed by atoms with van der Waals surface area (Å²) in [6.07, 6.45) is -2.45. The molecule has 1 N–H and O–H groups in total. The van der Waals surface area contributed by atoms with Gasteiger partial charge in [-0.05, 0) is 13.8 Å². The molecule has 5 nitrogen and oxygen atoms in total. The van der Waals surface area contributed by atoms with Gasteiger partial charge >= 0.3 is 51.4 Å². The maximum Gasteiger partial charge on any atom is 1.00 e. The third kappa shape index (κ3) is 3.92. The first-order chi connectivity index (χ1) is 5.42. The Balaban J connectivity index is 0.00000144. The molecule has 0 radical (unpaired) electrons. The van der Waals surface area contributed by atoms with Crippen LogP contribution in [0.4, 0.5) is 0 Å². The number of ether oxygens (including phenoxy) is 2. The molecule has 0 aromatic heterocycles. The Morgan fingerprint density at radius 1 is 1.69 bits per heavy atom. The SMILES string of the molecule is CC1(C)OC[C@@H](C(O)C(=O)[O-])O1.[K+]. The maximum atomic E-state index is 10.2. The van der Waals surface area contributed by atoms with E-state index < -0.39 is 24.0 Å². The Morgan fingerprint density at radius 3 is 2.54 bits per heavy atom. The minimum atomic E-state index is -1.62. The van der Waals surface area contributed by atoms with Crippen molar-refractivity contribution in [2.24, 2.45) is 0 Å². The number of hydrogen-bond donors (Lipinski definition) is 1. The van der Waals surface area contributed by atoms with Crippen LogP contribution in [0, 0.1) is 0 Å². The number of carbonyl (C=O) groups excluding carboxylic acids is 1. The summed E-state index contributed by atoms with van der Waals surface area (Å²) in [6.45, 7) is 3.37. The molecule has 0 amide bonds. The minimum absolute atomic E-state index is 0. The topological polar surface area (TPSA) is 78.8 Å². The first-order valence-electron chi connectivity index (χ1n) is 3.63. The van der Waals surface area contributed by atoms with Gasteiger partial charge in [-0.1, -0.05) is 0 Å². The van der Waals surface area contributed by atoms with Crippen LogP contribution >= 0.6 is 0 Å². The predicted octanol–water partition coefficient (Wildman–Crippen LogP) is -4.75. The van der Waals surface area contributed by atoms with Crippen molar-refractivity contribution in [1.82, 2.24) is 0 Å². The first-order valence-corrected chi connectivity index (χ1v) is 3.63. The van der Waals surface area contributed by atoms with Crippen molar-refractivity contribution >= 4 is 5.97 Å². The molecular formula is C7H11KO5. The van der Waals surface area contributed by atoms with Crippen LogP contribution in [0.15, 0.2) is 0 Å². The Morgan fingerprint density at radius 2 is 2.23 bits per heavy atom. The second kappa shape index (κ2) is 5.18. The number of carbonyl (C=O) groups is 1. The van der Waals surface area contributed by atoms with E-state index in [4.69, 9.17) is 14.6 Å². The molecule has 0 aliphatic carbocycles. The average Bonchev–Trinajstić information content (AvgIpc) is 2.28. The molecule has 6 heteroatoms. The summed E-state index contributed by atoms with van der Waals surface area (Å²) >= 11 is 0. The summed E-state index contributed by atoms with van der Waals surface area (Å²) < 4.78 is 10.1. The van der Waals surface area contributed by atoms with E-state index in [2.05, 4.69) is 0 Å². The molecule has 13 heavy (non-hydrogen) atoms. The smallest absolute Gasteiger partial charge is 0.547 e. The Bertz CT molecular complexity index is 193. The molecular weight excluding hydrogens is 203 g/mol. The molecule has 1 saturated heterocycles. The van der Waals surface area contributed by atoms with Crippen LogP contribution in [0.2, 0.25) is 0 Å². The third-order valence-corrected chi connectivity index (χ3v) is 1.62. The van der Waals surface area contributed by atoms with E-state index in [1.165, 1.54) is 0 Å². The van der Waals surface area contributed by atoms with Gasteiger partial charge in [-0.2, -0.15) is 0 Å². The van der Waals surface area contributed by atoms with Crippen molar-refractivity contribution in [3.05, 3.63) is 0 Å². The molecule has 0 bridgehead atoms. The third-order valence-electron chi connectivity index (χ3n) is 1.62. The second-order valence-corrected chi connectivity index (χ2v) is 3.13. The van der Waals surface area contributed by atoms with Crippen LogP contribution < -0.4 is 56.5 Å². The summed E-state index contributed by atoms with van der Waals surface area (Å²) in [5, 5.41) is 19.2.